The summed E-state index contributed by atoms with van der Waals surface area (Å²) in [4.78, 5) is 11.4. The molecule has 8 heteroatoms. The van der Waals surface area contributed by atoms with E-state index in [1.165, 1.54) is 6.07 Å². The molecule has 1 saturated heterocycles. The summed E-state index contributed by atoms with van der Waals surface area (Å²) in [5, 5.41) is 9.25. The van der Waals surface area contributed by atoms with Crippen LogP contribution in [0.15, 0.2) is 12.1 Å². The van der Waals surface area contributed by atoms with Crippen molar-refractivity contribution in [2.45, 2.75) is 25.1 Å². The van der Waals surface area contributed by atoms with Crippen LogP contribution >= 0.6 is 0 Å². The Kier molecular flexibility index (Phi) is 3.10. The fraction of sp³-hybridized carbons (Fsp3) is 0.500. The number of alkyl halides is 3. The van der Waals surface area contributed by atoms with Gasteiger partial charge in [-0.05, 0) is 18.6 Å². The Hall–Kier alpha value is -1.86. The number of anilines is 1. The number of nitrogens with one attached hydrogen (secondary N) is 1. The molecule has 1 aromatic heterocycles. The van der Waals surface area contributed by atoms with Crippen LogP contribution in [-0.4, -0.2) is 28.3 Å². The van der Waals surface area contributed by atoms with Crippen LogP contribution in [0.3, 0.4) is 0 Å². The Balaban J connectivity index is 2.03. The van der Waals surface area contributed by atoms with E-state index < -0.39 is 24.0 Å². The van der Waals surface area contributed by atoms with Crippen LogP contribution in [0.5, 0.6) is 0 Å². The van der Waals surface area contributed by atoms with Crippen molar-refractivity contribution in [2.75, 3.05) is 5.73 Å². The SMILES string of the molecule is Nc1ccc(C[C@H]2C[C@@H](C(F)(F)F)NC2=O)nn1. The predicted molar refractivity (Wildman–Crippen MR) is 56.2 cm³/mol. The number of halogens is 3. The van der Waals surface area contributed by atoms with Gasteiger partial charge in [0.05, 0.1) is 5.69 Å². The molecular weight excluding hydrogens is 249 g/mol. The predicted octanol–water partition coefficient (Wildman–Crippen LogP) is 0.668. The lowest BCUT2D eigenvalue weighted by atomic mass is 9.99. The first kappa shape index (κ1) is 12.6. The number of nitrogen functional groups attached to an aromatic ring is 1. The van der Waals surface area contributed by atoms with Crippen molar-refractivity contribution in [3.8, 4) is 0 Å². The normalized spacial score (nSPS) is 24.1. The number of aromatic nitrogens is 2. The van der Waals surface area contributed by atoms with Gasteiger partial charge in [-0.15, -0.1) is 5.10 Å². The summed E-state index contributed by atoms with van der Waals surface area (Å²) < 4.78 is 37.3. The fourth-order valence-corrected chi connectivity index (χ4v) is 1.86. The maximum Gasteiger partial charge on any atom is 0.408 e. The molecule has 3 N–H and O–H groups in total. The number of amides is 1. The summed E-state index contributed by atoms with van der Waals surface area (Å²) in [5.41, 5.74) is 5.79. The molecule has 18 heavy (non-hydrogen) atoms. The van der Waals surface area contributed by atoms with E-state index in [2.05, 4.69) is 10.2 Å². The molecule has 0 saturated carbocycles. The van der Waals surface area contributed by atoms with Crippen molar-refractivity contribution in [2.24, 2.45) is 5.92 Å². The number of rotatable bonds is 2. The largest absolute Gasteiger partial charge is 0.408 e. The summed E-state index contributed by atoms with van der Waals surface area (Å²) in [5.74, 6) is -1.10. The molecule has 1 amide bonds. The lowest BCUT2D eigenvalue weighted by Gasteiger charge is -2.13. The Labute approximate surface area is 101 Å². The summed E-state index contributed by atoms with van der Waals surface area (Å²) in [6, 6.07) is 1.28. The van der Waals surface area contributed by atoms with Gasteiger partial charge in [-0.1, -0.05) is 0 Å². The van der Waals surface area contributed by atoms with Crippen molar-refractivity contribution < 1.29 is 18.0 Å². The highest BCUT2D eigenvalue weighted by atomic mass is 19.4. The molecule has 0 aliphatic carbocycles. The van der Waals surface area contributed by atoms with E-state index in [-0.39, 0.29) is 18.7 Å². The van der Waals surface area contributed by atoms with Crippen LogP contribution in [0.25, 0.3) is 0 Å². The molecule has 1 aromatic rings. The minimum atomic E-state index is -4.41. The molecule has 2 rings (SSSR count). The molecule has 98 valence electrons. The van der Waals surface area contributed by atoms with E-state index in [4.69, 9.17) is 5.73 Å². The van der Waals surface area contributed by atoms with Crippen LogP contribution in [0.1, 0.15) is 12.1 Å². The lowest BCUT2D eigenvalue weighted by molar-refractivity contribution is -0.154. The fourth-order valence-electron chi connectivity index (χ4n) is 1.86. The Morgan fingerprint density at radius 2 is 2.11 bits per heavy atom. The molecule has 0 radical (unpaired) electrons. The molecule has 5 nitrogen and oxygen atoms in total. The van der Waals surface area contributed by atoms with Gasteiger partial charge in [0, 0.05) is 12.3 Å². The van der Waals surface area contributed by atoms with Crippen molar-refractivity contribution in [1.29, 1.82) is 0 Å². The summed E-state index contributed by atoms with van der Waals surface area (Å²) in [7, 11) is 0. The summed E-state index contributed by atoms with van der Waals surface area (Å²) in [6.07, 6.45) is -4.54. The van der Waals surface area contributed by atoms with Crippen molar-refractivity contribution in [3.05, 3.63) is 17.8 Å². The topological polar surface area (TPSA) is 80.9 Å². The summed E-state index contributed by atoms with van der Waals surface area (Å²) >= 11 is 0. The molecule has 0 bridgehead atoms. The zero-order chi connectivity index (χ0) is 13.3. The average molecular weight is 260 g/mol. The van der Waals surface area contributed by atoms with E-state index in [0.717, 1.165) is 0 Å². The zero-order valence-electron chi connectivity index (χ0n) is 9.24. The number of hydrogen-bond donors (Lipinski definition) is 2. The van der Waals surface area contributed by atoms with Gasteiger partial charge in [0.25, 0.3) is 0 Å². The Morgan fingerprint density at radius 1 is 1.39 bits per heavy atom. The number of nitrogens with two attached hydrogens (primary N) is 1. The summed E-state index contributed by atoms with van der Waals surface area (Å²) in [6.45, 7) is 0. The first-order chi connectivity index (χ1) is 8.36. The monoisotopic (exact) mass is 260 g/mol. The van der Waals surface area contributed by atoms with Crippen LogP contribution in [0, 0.1) is 5.92 Å². The molecule has 1 aliphatic rings. The van der Waals surface area contributed by atoms with Crippen molar-refractivity contribution >= 4 is 11.7 Å². The Bertz CT molecular complexity index is 445. The van der Waals surface area contributed by atoms with E-state index in [0.29, 0.717) is 5.69 Å². The van der Waals surface area contributed by atoms with Crippen molar-refractivity contribution in [1.82, 2.24) is 15.5 Å². The van der Waals surface area contributed by atoms with E-state index in [1.807, 2.05) is 5.32 Å². The van der Waals surface area contributed by atoms with E-state index in [9.17, 15) is 18.0 Å². The van der Waals surface area contributed by atoms with Gasteiger partial charge < -0.3 is 11.1 Å². The third kappa shape index (κ3) is 2.69. The molecule has 2 heterocycles. The van der Waals surface area contributed by atoms with Gasteiger partial charge in [0.2, 0.25) is 5.91 Å². The first-order valence-electron chi connectivity index (χ1n) is 5.31. The van der Waals surface area contributed by atoms with Crippen molar-refractivity contribution in [3.63, 3.8) is 0 Å². The van der Waals surface area contributed by atoms with Crippen LogP contribution in [0.2, 0.25) is 0 Å². The van der Waals surface area contributed by atoms with E-state index >= 15 is 0 Å². The standard InChI is InChI=1S/C10H11F3N4O/c11-10(12,13)7-4-5(9(18)15-7)3-6-1-2-8(14)17-16-6/h1-2,5,7H,3-4H2,(H2,14,17)(H,15,18)/t5-,7-/m0/s1. The first-order valence-corrected chi connectivity index (χ1v) is 5.31. The van der Waals surface area contributed by atoms with Gasteiger partial charge in [-0.2, -0.15) is 18.3 Å². The van der Waals surface area contributed by atoms with Crippen LogP contribution in [-0.2, 0) is 11.2 Å². The highest BCUT2D eigenvalue weighted by Gasteiger charge is 2.47. The smallest absolute Gasteiger partial charge is 0.382 e. The van der Waals surface area contributed by atoms with Gasteiger partial charge in [-0.3, -0.25) is 4.79 Å². The third-order valence-electron chi connectivity index (χ3n) is 2.80. The highest BCUT2D eigenvalue weighted by Crippen LogP contribution is 2.30. The van der Waals surface area contributed by atoms with Gasteiger partial charge in [-0.25, -0.2) is 0 Å². The molecule has 1 aliphatic heterocycles. The van der Waals surface area contributed by atoms with Crippen LogP contribution in [0.4, 0.5) is 19.0 Å². The van der Waals surface area contributed by atoms with E-state index in [1.54, 1.807) is 6.07 Å². The Morgan fingerprint density at radius 3 is 2.61 bits per heavy atom. The second kappa shape index (κ2) is 4.43. The quantitative estimate of drug-likeness (QED) is 0.818. The molecule has 0 unspecified atom stereocenters. The zero-order valence-corrected chi connectivity index (χ0v) is 9.24. The van der Waals surface area contributed by atoms with Gasteiger partial charge in [0.15, 0.2) is 0 Å². The number of hydrogen-bond acceptors (Lipinski definition) is 4. The molecule has 1 fully saturated rings. The molecule has 0 spiro atoms. The number of carbonyl (C=O) groups is 1. The third-order valence-corrected chi connectivity index (χ3v) is 2.80. The maximum absolute atomic E-state index is 12.4. The molecule has 2 atom stereocenters. The van der Waals surface area contributed by atoms with Gasteiger partial charge >= 0.3 is 6.18 Å². The number of carbonyl (C=O) groups excluding carboxylic acids is 1. The van der Waals surface area contributed by atoms with Crippen LogP contribution < -0.4 is 11.1 Å². The maximum atomic E-state index is 12.4. The lowest BCUT2D eigenvalue weighted by Crippen LogP contribution is -2.38. The van der Waals surface area contributed by atoms with Gasteiger partial charge in [0.1, 0.15) is 11.9 Å². The minimum Gasteiger partial charge on any atom is -0.382 e. The second-order valence-electron chi connectivity index (χ2n) is 4.19. The second-order valence-corrected chi connectivity index (χ2v) is 4.19. The average Bonchev–Trinajstić information content (AvgIpc) is 2.63. The minimum absolute atomic E-state index is 0.131. The molecular formula is C10H11F3N4O. The number of nitrogens with zero attached hydrogens (tertiary/aromatic N) is 2. The molecule has 0 aromatic carbocycles. The highest BCUT2D eigenvalue weighted by molar-refractivity contribution is 5.81.